The Labute approximate surface area is 148 Å². The molecule has 5 nitrogen and oxygen atoms in total. The van der Waals surface area contributed by atoms with Crippen LogP contribution < -0.4 is 0 Å². The van der Waals surface area contributed by atoms with E-state index in [4.69, 9.17) is 10.2 Å². The van der Waals surface area contributed by atoms with Crippen molar-refractivity contribution in [2.24, 2.45) is 0 Å². The van der Waals surface area contributed by atoms with Gasteiger partial charge < -0.3 is 10.2 Å². The zero-order valence-electron chi connectivity index (χ0n) is 14.3. The first-order chi connectivity index (χ1) is 12.1. The van der Waals surface area contributed by atoms with Gasteiger partial charge >= 0.3 is 11.9 Å². The highest BCUT2D eigenvalue weighted by atomic mass is 16.4. The minimum atomic E-state index is -1.26. The molecule has 0 bridgehead atoms. The number of carboxylic acid groups (broad SMARTS) is 2. The van der Waals surface area contributed by atoms with Crippen LogP contribution in [-0.4, -0.2) is 46.2 Å². The highest BCUT2D eigenvalue weighted by Gasteiger charge is 2.28. The van der Waals surface area contributed by atoms with Gasteiger partial charge in [0, 0.05) is 18.2 Å². The number of carbonyl (C=O) groups is 2. The van der Waals surface area contributed by atoms with Gasteiger partial charge in [0.15, 0.2) is 0 Å². The number of aliphatic carboxylic acids is 2. The molecule has 2 fully saturated rings. The molecular formula is C20H25NO4. The van der Waals surface area contributed by atoms with E-state index in [0.29, 0.717) is 12.2 Å². The Balaban J connectivity index is 0.000000242. The van der Waals surface area contributed by atoms with E-state index >= 15 is 0 Å². The number of rotatable bonds is 4. The predicted molar refractivity (Wildman–Crippen MR) is 97.3 cm³/mol. The first-order valence-electron chi connectivity index (χ1n) is 8.70. The lowest BCUT2D eigenvalue weighted by atomic mass is 9.86. The molecule has 134 valence electrons. The molecule has 0 radical (unpaired) electrons. The Bertz CT molecular complexity index is 616. The van der Waals surface area contributed by atoms with E-state index < -0.39 is 11.9 Å². The second-order valence-corrected chi connectivity index (χ2v) is 6.29. The molecule has 5 heteroatoms. The molecule has 1 atom stereocenters. The van der Waals surface area contributed by atoms with Crippen molar-refractivity contribution in [1.29, 1.82) is 0 Å². The smallest absolute Gasteiger partial charge is 0.328 e. The van der Waals surface area contributed by atoms with Crippen LogP contribution in [0.25, 0.3) is 6.08 Å². The van der Waals surface area contributed by atoms with Gasteiger partial charge in [-0.25, -0.2) is 9.59 Å². The van der Waals surface area contributed by atoms with Crippen LogP contribution in [0.5, 0.6) is 0 Å². The Morgan fingerprint density at radius 1 is 0.960 bits per heavy atom. The molecule has 0 amide bonds. The zero-order valence-corrected chi connectivity index (χ0v) is 14.3. The second kappa shape index (κ2) is 9.79. The van der Waals surface area contributed by atoms with Crippen molar-refractivity contribution in [2.45, 2.75) is 38.1 Å². The monoisotopic (exact) mass is 343 g/mol. The fraction of sp³-hybridized carbons (Fsp3) is 0.400. The second-order valence-electron chi connectivity index (χ2n) is 6.29. The topological polar surface area (TPSA) is 77.8 Å². The van der Waals surface area contributed by atoms with Gasteiger partial charge in [0.1, 0.15) is 0 Å². The van der Waals surface area contributed by atoms with Gasteiger partial charge in [-0.1, -0.05) is 48.4 Å². The molecule has 0 aromatic heterocycles. The minimum Gasteiger partial charge on any atom is -0.478 e. The zero-order chi connectivity index (χ0) is 18.1. The predicted octanol–water partition coefficient (Wildman–Crippen LogP) is 3.43. The maximum absolute atomic E-state index is 9.55. The van der Waals surface area contributed by atoms with Gasteiger partial charge in [-0.05, 0) is 44.3 Å². The van der Waals surface area contributed by atoms with E-state index in [9.17, 15) is 9.59 Å². The van der Waals surface area contributed by atoms with Crippen molar-refractivity contribution in [3.63, 3.8) is 0 Å². The van der Waals surface area contributed by atoms with Crippen LogP contribution in [0.2, 0.25) is 0 Å². The highest BCUT2D eigenvalue weighted by molar-refractivity contribution is 5.89. The molecule has 25 heavy (non-hydrogen) atoms. The van der Waals surface area contributed by atoms with Crippen LogP contribution in [0.1, 0.15) is 37.7 Å². The minimum absolute atomic E-state index is 0.558. The molecule has 1 saturated carbocycles. The van der Waals surface area contributed by atoms with E-state index in [-0.39, 0.29) is 0 Å². The number of benzene rings is 1. The Kier molecular flexibility index (Phi) is 7.41. The average Bonchev–Trinajstić information content (AvgIpc) is 2.55. The fourth-order valence-electron chi connectivity index (χ4n) is 3.16. The molecule has 1 saturated heterocycles. The molecule has 1 aromatic rings. The summed E-state index contributed by atoms with van der Waals surface area (Å²) < 4.78 is 0. The Morgan fingerprint density at radius 3 is 2.12 bits per heavy atom. The third-order valence-corrected chi connectivity index (χ3v) is 4.47. The van der Waals surface area contributed by atoms with Crippen molar-refractivity contribution in [1.82, 2.24) is 4.90 Å². The Morgan fingerprint density at radius 2 is 1.60 bits per heavy atom. The molecule has 2 aliphatic rings. The summed E-state index contributed by atoms with van der Waals surface area (Å²) in [5, 5.41) is 15.6. The largest absolute Gasteiger partial charge is 0.478 e. The van der Waals surface area contributed by atoms with E-state index in [1.54, 1.807) is 5.57 Å². The third kappa shape index (κ3) is 6.55. The standard InChI is InChI=1S/C16H21N.C4H4O4/c1-2-7-14(8-3-1)13-15-9-4-5-10-16(15)17-11-6-12-17;5-3(6)1-2-4(7)8/h1-3,7-8,13,16H,4-6,9-12H2;1-2H,(H,5,6)(H,7,8)/b;2-1-. The molecule has 1 aromatic carbocycles. The Hall–Kier alpha value is -2.40. The quantitative estimate of drug-likeness (QED) is 0.819. The van der Waals surface area contributed by atoms with E-state index in [1.165, 1.54) is 50.8 Å². The maximum atomic E-state index is 9.55. The van der Waals surface area contributed by atoms with E-state index in [1.807, 2.05) is 0 Å². The SMILES string of the molecule is C(=C1CCCCC1N1CCC1)c1ccccc1.O=C(O)/C=C\C(=O)O. The summed E-state index contributed by atoms with van der Waals surface area (Å²) in [5.41, 5.74) is 3.04. The lowest BCUT2D eigenvalue weighted by molar-refractivity contribution is -0.134. The summed E-state index contributed by atoms with van der Waals surface area (Å²) in [7, 11) is 0. The maximum Gasteiger partial charge on any atom is 0.328 e. The van der Waals surface area contributed by atoms with Crippen molar-refractivity contribution in [3.8, 4) is 0 Å². The van der Waals surface area contributed by atoms with Crippen LogP contribution in [-0.2, 0) is 9.59 Å². The number of nitrogens with zero attached hydrogens (tertiary/aromatic N) is 1. The lowest BCUT2D eigenvalue weighted by Gasteiger charge is -2.42. The summed E-state index contributed by atoms with van der Waals surface area (Å²) in [6.07, 6.45) is 10.4. The highest BCUT2D eigenvalue weighted by Crippen LogP contribution is 2.31. The number of hydrogen-bond acceptors (Lipinski definition) is 3. The molecular weight excluding hydrogens is 318 g/mol. The normalized spacial score (nSPS) is 22.1. The van der Waals surface area contributed by atoms with Crippen molar-refractivity contribution in [2.75, 3.05) is 13.1 Å². The van der Waals surface area contributed by atoms with Crippen LogP contribution in [0.4, 0.5) is 0 Å². The molecule has 1 heterocycles. The first-order valence-corrected chi connectivity index (χ1v) is 8.70. The van der Waals surface area contributed by atoms with Crippen LogP contribution in [0.3, 0.4) is 0 Å². The van der Waals surface area contributed by atoms with Gasteiger partial charge in [-0.15, -0.1) is 0 Å². The summed E-state index contributed by atoms with van der Waals surface area (Å²) in [4.78, 5) is 21.8. The van der Waals surface area contributed by atoms with Crippen LogP contribution in [0.15, 0.2) is 48.1 Å². The van der Waals surface area contributed by atoms with Gasteiger partial charge in [-0.3, -0.25) is 4.90 Å². The van der Waals surface area contributed by atoms with E-state index in [0.717, 1.165) is 6.04 Å². The fourth-order valence-corrected chi connectivity index (χ4v) is 3.16. The lowest BCUT2D eigenvalue weighted by Crippen LogP contribution is -2.46. The molecule has 3 rings (SSSR count). The summed E-state index contributed by atoms with van der Waals surface area (Å²) in [6.45, 7) is 2.63. The molecule has 1 unspecified atom stereocenters. The third-order valence-electron chi connectivity index (χ3n) is 4.47. The van der Waals surface area contributed by atoms with Crippen molar-refractivity contribution < 1.29 is 19.8 Å². The van der Waals surface area contributed by atoms with E-state index in [2.05, 4.69) is 41.3 Å². The van der Waals surface area contributed by atoms with Crippen LogP contribution >= 0.6 is 0 Å². The van der Waals surface area contributed by atoms with Gasteiger partial charge in [0.25, 0.3) is 0 Å². The number of carboxylic acids is 2. The summed E-state index contributed by atoms with van der Waals surface area (Å²) in [5.74, 6) is -2.51. The van der Waals surface area contributed by atoms with Gasteiger partial charge in [0.2, 0.25) is 0 Å². The molecule has 1 aliphatic carbocycles. The van der Waals surface area contributed by atoms with Crippen molar-refractivity contribution >= 4 is 18.0 Å². The average molecular weight is 343 g/mol. The number of hydrogen-bond donors (Lipinski definition) is 2. The summed E-state index contributed by atoms with van der Waals surface area (Å²) in [6, 6.07) is 11.5. The van der Waals surface area contributed by atoms with Gasteiger partial charge in [0.05, 0.1) is 0 Å². The molecule has 1 aliphatic heterocycles. The van der Waals surface area contributed by atoms with Crippen molar-refractivity contribution in [3.05, 3.63) is 53.6 Å². The first kappa shape index (κ1) is 18.9. The molecule has 0 spiro atoms. The van der Waals surface area contributed by atoms with Crippen LogP contribution in [0, 0.1) is 0 Å². The molecule has 2 N–H and O–H groups in total. The van der Waals surface area contributed by atoms with Gasteiger partial charge in [-0.2, -0.15) is 0 Å². The number of likely N-dealkylation sites (tertiary alicyclic amines) is 1. The summed E-state index contributed by atoms with van der Waals surface area (Å²) >= 11 is 0.